The number of furan rings is 1. The third-order valence-electron chi connectivity index (χ3n) is 7.55. The van der Waals surface area contributed by atoms with Crippen LogP contribution >= 0.6 is 0 Å². The molecule has 8 aromatic rings. The van der Waals surface area contributed by atoms with Gasteiger partial charge in [0.15, 0.2) is 17.5 Å². The lowest BCUT2D eigenvalue weighted by Gasteiger charge is -2.11. The molecule has 0 N–H and O–H groups in total. The minimum atomic E-state index is 0.609. The van der Waals surface area contributed by atoms with Crippen LogP contribution in [0.1, 0.15) is 0 Å². The van der Waals surface area contributed by atoms with Crippen molar-refractivity contribution in [2.45, 2.75) is 0 Å². The van der Waals surface area contributed by atoms with Crippen LogP contribution in [-0.4, -0.2) is 15.0 Å². The van der Waals surface area contributed by atoms with E-state index < -0.39 is 0 Å². The molecule has 0 fully saturated rings. The minimum Gasteiger partial charge on any atom is -0.456 e. The fraction of sp³-hybridized carbons (Fsp3) is 0. The summed E-state index contributed by atoms with van der Waals surface area (Å²) in [5.41, 5.74) is 6.69. The van der Waals surface area contributed by atoms with E-state index in [1.807, 2.05) is 60.7 Å². The molecule has 0 radical (unpaired) electrons. The molecule has 0 aliphatic heterocycles. The maximum atomic E-state index is 6.39. The molecule has 8 rings (SSSR count). The van der Waals surface area contributed by atoms with Crippen molar-refractivity contribution >= 4 is 32.7 Å². The third kappa shape index (κ3) is 3.97. The van der Waals surface area contributed by atoms with E-state index in [-0.39, 0.29) is 0 Å². The van der Waals surface area contributed by atoms with Crippen molar-refractivity contribution in [2.75, 3.05) is 0 Å². The highest BCUT2D eigenvalue weighted by molar-refractivity contribution is 6.17. The van der Waals surface area contributed by atoms with Crippen LogP contribution < -0.4 is 0 Å². The van der Waals surface area contributed by atoms with Crippen LogP contribution in [0, 0.1) is 0 Å². The van der Waals surface area contributed by atoms with Gasteiger partial charge in [-0.1, -0.05) is 127 Å². The average Bonchev–Trinajstić information content (AvgIpc) is 3.44. The molecule has 0 aliphatic carbocycles. The lowest BCUT2D eigenvalue weighted by atomic mass is 9.97. The fourth-order valence-corrected chi connectivity index (χ4v) is 5.66. The summed E-state index contributed by atoms with van der Waals surface area (Å²) >= 11 is 0. The predicted molar refractivity (Wildman–Crippen MR) is 166 cm³/mol. The van der Waals surface area contributed by atoms with E-state index in [0.717, 1.165) is 60.5 Å². The Hall–Kier alpha value is -5.61. The quantitative estimate of drug-likeness (QED) is 0.230. The first kappa shape index (κ1) is 23.3. The van der Waals surface area contributed by atoms with Crippen molar-refractivity contribution in [2.24, 2.45) is 0 Å². The molecular weight excluding hydrogens is 502 g/mol. The van der Waals surface area contributed by atoms with Crippen LogP contribution in [0.4, 0.5) is 0 Å². The normalized spacial score (nSPS) is 11.4. The van der Waals surface area contributed by atoms with Gasteiger partial charge in [0.25, 0.3) is 0 Å². The van der Waals surface area contributed by atoms with E-state index in [1.54, 1.807) is 0 Å². The zero-order valence-corrected chi connectivity index (χ0v) is 22.0. The van der Waals surface area contributed by atoms with Crippen LogP contribution in [0.2, 0.25) is 0 Å². The molecule has 2 aromatic heterocycles. The number of rotatable bonds is 4. The van der Waals surface area contributed by atoms with Gasteiger partial charge >= 0.3 is 0 Å². The van der Waals surface area contributed by atoms with Gasteiger partial charge in [-0.05, 0) is 34.0 Å². The average molecular weight is 526 g/mol. The Morgan fingerprint density at radius 3 is 1.63 bits per heavy atom. The molecule has 0 bridgehead atoms. The Morgan fingerprint density at radius 2 is 0.878 bits per heavy atom. The number of fused-ring (bicyclic) bond motifs is 4. The molecular formula is C37H23N3O. The van der Waals surface area contributed by atoms with Gasteiger partial charge in [-0.2, -0.15) is 0 Å². The Kier molecular flexibility index (Phi) is 5.42. The standard InChI is InChI=1S/C37H23N3O/c1-3-12-25(13-4-1)28-19-10-22-31-33(28)34-30(21-11-23-32(34)41-31)37-39-35(26-15-5-2-6-16-26)38-36(40-37)29-20-9-17-24-14-7-8-18-27(24)29/h1-23H. The van der Waals surface area contributed by atoms with Gasteiger partial charge in [-0.3, -0.25) is 0 Å². The van der Waals surface area contributed by atoms with Crippen LogP contribution in [0.15, 0.2) is 144 Å². The Balaban J connectivity index is 1.44. The van der Waals surface area contributed by atoms with Crippen molar-refractivity contribution in [1.29, 1.82) is 0 Å². The summed E-state index contributed by atoms with van der Waals surface area (Å²) in [6.07, 6.45) is 0. The third-order valence-corrected chi connectivity index (χ3v) is 7.55. The van der Waals surface area contributed by atoms with Gasteiger partial charge in [-0.25, -0.2) is 15.0 Å². The molecule has 0 saturated carbocycles. The van der Waals surface area contributed by atoms with E-state index in [1.165, 1.54) is 0 Å². The van der Waals surface area contributed by atoms with E-state index >= 15 is 0 Å². The van der Waals surface area contributed by atoms with Crippen LogP contribution in [0.3, 0.4) is 0 Å². The maximum Gasteiger partial charge on any atom is 0.164 e. The first-order valence-corrected chi connectivity index (χ1v) is 13.6. The summed E-state index contributed by atoms with van der Waals surface area (Å²) in [7, 11) is 0. The van der Waals surface area contributed by atoms with E-state index in [4.69, 9.17) is 19.4 Å². The SMILES string of the molecule is c1ccc(-c2nc(-c3cccc4ccccc34)nc(-c3cccc4oc5cccc(-c6ccccc6)c5c34)n2)cc1. The zero-order chi connectivity index (χ0) is 27.2. The highest BCUT2D eigenvalue weighted by Crippen LogP contribution is 2.41. The first-order valence-electron chi connectivity index (χ1n) is 13.6. The smallest absolute Gasteiger partial charge is 0.164 e. The second-order valence-corrected chi connectivity index (χ2v) is 10.0. The molecule has 0 saturated heterocycles. The summed E-state index contributed by atoms with van der Waals surface area (Å²) in [5, 5.41) is 4.29. The largest absolute Gasteiger partial charge is 0.456 e. The highest BCUT2D eigenvalue weighted by atomic mass is 16.3. The van der Waals surface area contributed by atoms with E-state index in [9.17, 15) is 0 Å². The summed E-state index contributed by atoms with van der Waals surface area (Å²) < 4.78 is 6.39. The highest BCUT2D eigenvalue weighted by Gasteiger charge is 2.20. The van der Waals surface area contributed by atoms with Gasteiger partial charge in [0.1, 0.15) is 11.2 Å². The first-order chi connectivity index (χ1) is 20.3. The number of aromatic nitrogens is 3. The molecule has 41 heavy (non-hydrogen) atoms. The fourth-order valence-electron chi connectivity index (χ4n) is 5.66. The Morgan fingerprint density at radius 1 is 0.366 bits per heavy atom. The molecule has 4 heteroatoms. The lowest BCUT2D eigenvalue weighted by molar-refractivity contribution is 0.669. The summed E-state index contributed by atoms with van der Waals surface area (Å²) in [4.78, 5) is 15.2. The second-order valence-electron chi connectivity index (χ2n) is 10.0. The molecule has 192 valence electrons. The monoisotopic (exact) mass is 525 g/mol. The van der Waals surface area contributed by atoms with Crippen molar-refractivity contribution in [1.82, 2.24) is 15.0 Å². The molecule has 0 atom stereocenters. The molecule has 6 aromatic carbocycles. The topological polar surface area (TPSA) is 51.8 Å². The second kappa shape index (κ2) is 9.54. The number of hydrogen-bond donors (Lipinski definition) is 0. The Bertz CT molecular complexity index is 2200. The van der Waals surface area contributed by atoms with E-state index in [0.29, 0.717) is 17.5 Å². The van der Waals surface area contributed by atoms with Gasteiger partial charge in [0, 0.05) is 27.5 Å². The predicted octanol–water partition coefficient (Wildman–Crippen LogP) is 9.59. The van der Waals surface area contributed by atoms with Gasteiger partial charge in [0.05, 0.1) is 0 Å². The molecule has 0 spiro atoms. The summed E-state index contributed by atoms with van der Waals surface area (Å²) in [5.74, 6) is 1.88. The number of benzene rings is 6. The van der Waals surface area contributed by atoms with Crippen LogP contribution in [0.25, 0.3) is 78.0 Å². The molecule has 0 aliphatic rings. The van der Waals surface area contributed by atoms with Gasteiger partial charge in [0.2, 0.25) is 0 Å². The van der Waals surface area contributed by atoms with E-state index in [2.05, 4.69) is 78.9 Å². The summed E-state index contributed by atoms with van der Waals surface area (Å²) in [6, 6.07) is 47.4. The zero-order valence-electron chi connectivity index (χ0n) is 22.0. The maximum absolute atomic E-state index is 6.39. The minimum absolute atomic E-state index is 0.609. The van der Waals surface area contributed by atoms with Gasteiger partial charge < -0.3 is 4.42 Å². The lowest BCUT2D eigenvalue weighted by Crippen LogP contribution is -2.00. The van der Waals surface area contributed by atoms with Crippen LogP contribution in [0.5, 0.6) is 0 Å². The molecule has 4 nitrogen and oxygen atoms in total. The molecule has 0 amide bonds. The molecule has 0 unspecified atom stereocenters. The number of hydrogen-bond acceptors (Lipinski definition) is 4. The van der Waals surface area contributed by atoms with Crippen molar-refractivity contribution in [3.8, 4) is 45.3 Å². The van der Waals surface area contributed by atoms with Crippen molar-refractivity contribution in [3.63, 3.8) is 0 Å². The Labute approximate surface area is 236 Å². The van der Waals surface area contributed by atoms with Crippen molar-refractivity contribution in [3.05, 3.63) is 140 Å². The van der Waals surface area contributed by atoms with Crippen molar-refractivity contribution < 1.29 is 4.42 Å². The summed E-state index contributed by atoms with van der Waals surface area (Å²) in [6.45, 7) is 0. The van der Waals surface area contributed by atoms with Crippen LogP contribution in [-0.2, 0) is 0 Å². The molecule has 2 heterocycles. The van der Waals surface area contributed by atoms with Gasteiger partial charge in [-0.15, -0.1) is 0 Å². The number of nitrogens with zero attached hydrogens (tertiary/aromatic N) is 3.